The zero-order valence-corrected chi connectivity index (χ0v) is 16.8. The van der Waals surface area contributed by atoms with Gasteiger partial charge in [-0.2, -0.15) is 0 Å². The Hall–Kier alpha value is -2.24. The van der Waals surface area contributed by atoms with Gasteiger partial charge in [-0.25, -0.2) is 0 Å². The fourth-order valence-electron chi connectivity index (χ4n) is 2.46. The molecule has 7 heteroatoms. The van der Waals surface area contributed by atoms with Gasteiger partial charge in [-0.15, -0.1) is 0 Å². The number of halogens is 2. The molecule has 2 aromatic carbocycles. The summed E-state index contributed by atoms with van der Waals surface area (Å²) in [5, 5.41) is 3.65. The monoisotopic (exact) mass is 408 g/mol. The first-order valence-corrected chi connectivity index (χ1v) is 9.37. The second kappa shape index (κ2) is 10.2. The van der Waals surface area contributed by atoms with Crippen LogP contribution in [0.3, 0.4) is 0 Å². The molecule has 0 atom stereocenters. The fraction of sp³-hybridized carbons (Fsp3) is 0.300. The SMILES string of the molecule is CCCN(CC(=O)Nc1ccccc1C)C(=O)COc1ccc(Cl)cc1Cl. The molecule has 0 aliphatic carbocycles. The molecule has 2 aromatic rings. The predicted octanol–water partition coefficient (Wildman–Crippen LogP) is 4.56. The Balaban J connectivity index is 1.95. The van der Waals surface area contributed by atoms with Crippen LogP contribution in [-0.4, -0.2) is 36.4 Å². The second-order valence-electron chi connectivity index (χ2n) is 6.04. The van der Waals surface area contributed by atoms with Gasteiger partial charge in [0.15, 0.2) is 6.61 Å². The lowest BCUT2D eigenvalue weighted by Gasteiger charge is -2.22. The van der Waals surface area contributed by atoms with Crippen molar-refractivity contribution in [3.8, 4) is 5.75 Å². The van der Waals surface area contributed by atoms with Gasteiger partial charge >= 0.3 is 0 Å². The number of carbonyl (C=O) groups is 2. The van der Waals surface area contributed by atoms with Crippen LogP contribution < -0.4 is 10.1 Å². The molecule has 0 radical (unpaired) electrons. The van der Waals surface area contributed by atoms with Crippen LogP contribution in [0.4, 0.5) is 5.69 Å². The summed E-state index contributed by atoms with van der Waals surface area (Å²) in [4.78, 5) is 26.3. The summed E-state index contributed by atoms with van der Waals surface area (Å²) in [5.74, 6) is -0.173. The highest BCUT2D eigenvalue weighted by Crippen LogP contribution is 2.27. The Morgan fingerprint density at radius 3 is 2.56 bits per heavy atom. The summed E-state index contributed by atoms with van der Waals surface area (Å²) in [6.45, 7) is 4.06. The van der Waals surface area contributed by atoms with Crippen molar-refractivity contribution in [3.63, 3.8) is 0 Å². The molecular weight excluding hydrogens is 387 g/mol. The summed E-state index contributed by atoms with van der Waals surface area (Å²) < 4.78 is 5.49. The van der Waals surface area contributed by atoms with Gasteiger partial charge < -0.3 is 15.0 Å². The van der Waals surface area contributed by atoms with Gasteiger partial charge in [-0.1, -0.05) is 48.3 Å². The number of hydrogen-bond donors (Lipinski definition) is 1. The second-order valence-corrected chi connectivity index (χ2v) is 6.89. The van der Waals surface area contributed by atoms with Crippen LogP contribution in [0.5, 0.6) is 5.75 Å². The Morgan fingerprint density at radius 1 is 1.15 bits per heavy atom. The van der Waals surface area contributed by atoms with E-state index in [9.17, 15) is 9.59 Å². The number of rotatable bonds is 8. The van der Waals surface area contributed by atoms with Crippen LogP contribution in [0.15, 0.2) is 42.5 Å². The standard InChI is InChI=1S/C20H22Cl2N2O3/c1-3-10-24(12-19(25)23-17-7-5-4-6-14(17)2)20(26)13-27-18-9-8-15(21)11-16(18)22/h4-9,11H,3,10,12-13H2,1-2H3,(H,23,25). The molecule has 5 nitrogen and oxygen atoms in total. The first-order chi connectivity index (χ1) is 12.9. The van der Waals surface area contributed by atoms with E-state index in [2.05, 4.69) is 5.32 Å². The van der Waals surface area contributed by atoms with Crippen LogP contribution in [0.1, 0.15) is 18.9 Å². The van der Waals surface area contributed by atoms with E-state index in [1.165, 1.54) is 4.90 Å². The maximum Gasteiger partial charge on any atom is 0.260 e. The maximum atomic E-state index is 12.5. The lowest BCUT2D eigenvalue weighted by atomic mass is 10.2. The van der Waals surface area contributed by atoms with Crippen molar-refractivity contribution in [1.82, 2.24) is 4.90 Å². The zero-order chi connectivity index (χ0) is 19.8. The van der Waals surface area contributed by atoms with Crippen LogP contribution in [0.25, 0.3) is 0 Å². The minimum Gasteiger partial charge on any atom is -0.482 e. The normalized spacial score (nSPS) is 10.4. The van der Waals surface area contributed by atoms with Gasteiger partial charge in [0, 0.05) is 17.3 Å². The number of aryl methyl sites for hydroxylation is 1. The number of amides is 2. The third-order valence-electron chi connectivity index (χ3n) is 3.84. The van der Waals surface area contributed by atoms with E-state index in [0.717, 1.165) is 17.7 Å². The van der Waals surface area contributed by atoms with Gasteiger partial charge in [0.2, 0.25) is 5.91 Å². The lowest BCUT2D eigenvalue weighted by Crippen LogP contribution is -2.41. The molecule has 0 bridgehead atoms. The molecule has 0 aliphatic heterocycles. The van der Waals surface area contributed by atoms with E-state index in [0.29, 0.717) is 22.3 Å². The molecule has 0 saturated carbocycles. The summed E-state index contributed by atoms with van der Waals surface area (Å²) in [5.41, 5.74) is 1.69. The van der Waals surface area contributed by atoms with E-state index in [1.54, 1.807) is 18.2 Å². The summed E-state index contributed by atoms with van der Waals surface area (Å²) >= 11 is 11.9. The third-order valence-corrected chi connectivity index (χ3v) is 4.38. The Morgan fingerprint density at radius 2 is 1.89 bits per heavy atom. The molecule has 2 amide bonds. The van der Waals surface area contributed by atoms with E-state index >= 15 is 0 Å². The van der Waals surface area contributed by atoms with Gasteiger partial charge in [-0.05, 0) is 43.2 Å². The summed E-state index contributed by atoms with van der Waals surface area (Å²) in [7, 11) is 0. The molecule has 0 aromatic heterocycles. The number of para-hydroxylation sites is 1. The van der Waals surface area contributed by atoms with Crippen LogP contribution in [0, 0.1) is 6.92 Å². The molecule has 0 spiro atoms. The average molecular weight is 409 g/mol. The maximum absolute atomic E-state index is 12.5. The number of carbonyl (C=O) groups excluding carboxylic acids is 2. The van der Waals surface area contributed by atoms with Crippen molar-refractivity contribution < 1.29 is 14.3 Å². The predicted molar refractivity (Wildman–Crippen MR) is 109 cm³/mol. The Kier molecular flexibility index (Phi) is 7.95. The van der Waals surface area contributed by atoms with Gasteiger partial charge in [-0.3, -0.25) is 9.59 Å². The minimum absolute atomic E-state index is 0.0429. The first kappa shape index (κ1) is 21.1. The van der Waals surface area contributed by atoms with Crippen LogP contribution in [0.2, 0.25) is 10.0 Å². The van der Waals surface area contributed by atoms with E-state index in [-0.39, 0.29) is 25.0 Å². The Bertz CT molecular complexity index is 812. The lowest BCUT2D eigenvalue weighted by molar-refractivity contribution is -0.136. The third kappa shape index (κ3) is 6.45. The van der Waals surface area contributed by atoms with Crippen LogP contribution >= 0.6 is 23.2 Å². The number of ether oxygens (including phenoxy) is 1. The van der Waals surface area contributed by atoms with Crippen molar-refractivity contribution in [3.05, 3.63) is 58.1 Å². The largest absolute Gasteiger partial charge is 0.482 e. The van der Waals surface area contributed by atoms with E-state index in [1.807, 2.05) is 38.1 Å². The fourth-order valence-corrected chi connectivity index (χ4v) is 2.92. The molecule has 0 aliphatic rings. The van der Waals surface area contributed by atoms with Crippen molar-refractivity contribution in [2.45, 2.75) is 20.3 Å². The van der Waals surface area contributed by atoms with E-state index < -0.39 is 0 Å². The average Bonchev–Trinajstić information content (AvgIpc) is 2.62. The van der Waals surface area contributed by atoms with E-state index in [4.69, 9.17) is 27.9 Å². The Labute approximate surface area is 169 Å². The number of hydrogen-bond acceptors (Lipinski definition) is 3. The van der Waals surface area contributed by atoms with Crippen LogP contribution in [-0.2, 0) is 9.59 Å². The number of anilines is 1. The van der Waals surface area contributed by atoms with Gasteiger partial charge in [0.1, 0.15) is 5.75 Å². The molecule has 0 unspecified atom stereocenters. The van der Waals surface area contributed by atoms with Gasteiger partial charge in [0.05, 0.1) is 11.6 Å². The molecule has 1 N–H and O–H groups in total. The molecule has 0 saturated heterocycles. The number of nitrogens with one attached hydrogen (secondary N) is 1. The quantitative estimate of drug-likeness (QED) is 0.696. The number of benzene rings is 2. The molecule has 144 valence electrons. The van der Waals surface area contributed by atoms with Crippen molar-refractivity contribution in [2.24, 2.45) is 0 Å². The van der Waals surface area contributed by atoms with Crippen molar-refractivity contribution in [1.29, 1.82) is 0 Å². The minimum atomic E-state index is -0.289. The number of nitrogens with zero attached hydrogens (tertiary/aromatic N) is 1. The topological polar surface area (TPSA) is 58.6 Å². The highest BCUT2D eigenvalue weighted by Gasteiger charge is 2.18. The highest BCUT2D eigenvalue weighted by molar-refractivity contribution is 6.35. The van der Waals surface area contributed by atoms with Gasteiger partial charge in [0.25, 0.3) is 5.91 Å². The summed E-state index contributed by atoms with van der Waals surface area (Å²) in [6, 6.07) is 12.3. The summed E-state index contributed by atoms with van der Waals surface area (Å²) in [6.07, 6.45) is 0.727. The molecular formula is C20H22Cl2N2O3. The molecule has 0 heterocycles. The molecule has 0 fully saturated rings. The smallest absolute Gasteiger partial charge is 0.260 e. The molecule has 27 heavy (non-hydrogen) atoms. The highest BCUT2D eigenvalue weighted by atomic mass is 35.5. The zero-order valence-electron chi connectivity index (χ0n) is 15.3. The van der Waals surface area contributed by atoms with Crippen molar-refractivity contribution in [2.75, 3.05) is 25.0 Å². The first-order valence-electron chi connectivity index (χ1n) is 8.61. The molecule has 2 rings (SSSR count). The van der Waals surface area contributed by atoms with Crippen molar-refractivity contribution >= 4 is 40.7 Å².